The first-order chi connectivity index (χ1) is 11.7. The van der Waals surface area contributed by atoms with Gasteiger partial charge in [0.2, 0.25) is 0 Å². The number of benzene rings is 1. The summed E-state index contributed by atoms with van der Waals surface area (Å²) in [5.74, 6) is 0.997. The number of nitrogens with one attached hydrogen (secondary N) is 1. The van der Waals surface area contributed by atoms with E-state index >= 15 is 0 Å². The second-order valence-corrected chi connectivity index (χ2v) is 6.87. The zero-order valence-corrected chi connectivity index (χ0v) is 17.9. The van der Waals surface area contributed by atoms with Crippen molar-refractivity contribution in [1.82, 2.24) is 15.1 Å². The molecule has 2 aliphatic heterocycles. The van der Waals surface area contributed by atoms with Crippen molar-refractivity contribution in [3.63, 3.8) is 0 Å². The highest BCUT2D eigenvalue weighted by Crippen LogP contribution is 2.25. The van der Waals surface area contributed by atoms with E-state index < -0.39 is 0 Å². The zero-order valence-electron chi connectivity index (χ0n) is 15.6. The number of rotatable bonds is 3. The lowest BCUT2D eigenvalue weighted by molar-refractivity contribution is -0.00838. The van der Waals surface area contributed by atoms with Crippen LogP contribution in [0.5, 0.6) is 0 Å². The number of halogens is 1. The molecular weight excluding hydrogens is 427 g/mol. The van der Waals surface area contributed by atoms with Crippen molar-refractivity contribution >= 4 is 29.9 Å². The molecule has 2 aliphatic rings. The maximum atomic E-state index is 6.03. The predicted molar refractivity (Wildman–Crippen MR) is 114 cm³/mol. The quantitative estimate of drug-likeness (QED) is 0.430. The summed E-state index contributed by atoms with van der Waals surface area (Å²) in [6.07, 6.45) is 2.69. The van der Waals surface area contributed by atoms with Gasteiger partial charge in [0.05, 0.1) is 13.2 Å². The summed E-state index contributed by atoms with van der Waals surface area (Å²) in [5, 5.41) is 3.58. The van der Waals surface area contributed by atoms with Crippen LogP contribution in [-0.4, -0.2) is 68.7 Å². The van der Waals surface area contributed by atoms with E-state index in [1.54, 1.807) is 0 Å². The maximum absolute atomic E-state index is 6.03. The molecule has 6 heteroatoms. The van der Waals surface area contributed by atoms with Crippen molar-refractivity contribution in [2.45, 2.75) is 31.9 Å². The van der Waals surface area contributed by atoms with Crippen LogP contribution in [0.2, 0.25) is 0 Å². The van der Waals surface area contributed by atoms with Gasteiger partial charge in [0.1, 0.15) is 6.10 Å². The molecule has 0 saturated carbocycles. The normalized spacial score (nSPS) is 24.9. The van der Waals surface area contributed by atoms with Crippen LogP contribution in [0.3, 0.4) is 0 Å². The minimum absolute atomic E-state index is 0. The predicted octanol–water partition coefficient (Wildman–Crippen LogP) is 2.66. The Hall–Kier alpha value is -0.860. The average molecular weight is 458 g/mol. The van der Waals surface area contributed by atoms with Gasteiger partial charge in [-0.25, -0.2) is 0 Å². The van der Waals surface area contributed by atoms with Gasteiger partial charge >= 0.3 is 0 Å². The van der Waals surface area contributed by atoms with Crippen LogP contribution in [0.25, 0.3) is 0 Å². The van der Waals surface area contributed by atoms with Crippen LogP contribution in [0.1, 0.15) is 30.1 Å². The average Bonchev–Trinajstić information content (AvgIpc) is 3.01. The molecule has 5 nitrogen and oxygen atoms in total. The number of morpholine rings is 1. The van der Waals surface area contributed by atoms with Crippen LogP contribution in [0.4, 0.5) is 0 Å². The first kappa shape index (κ1) is 20.5. The zero-order chi connectivity index (χ0) is 16.9. The summed E-state index contributed by atoms with van der Waals surface area (Å²) in [7, 11) is 4.09. The smallest absolute Gasteiger partial charge is 0.193 e. The van der Waals surface area contributed by atoms with Crippen LogP contribution < -0.4 is 5.32 Å². The van der Waals surface area contributed by atoms with E-state index in [-0.39, 0.29) is 30.1 Å². The summed E-state index contributed by atoms with van der Waals surface area (Å²) >= 11 is 0. The van der Waals surface area contributed by atoms with Crippen molar-refractivity contribution in [2.75, 3.05) is 46.9 Å². The van der Waals surface area contributed by atoms with Crippen molar-refractivity contribution < 1.29 is 4.74 Å². The Morgan fingerprint density at radius 3 is 2.80 bits per heavy atom. The molecule has 0 aliphatic carbocycles. The van der Waals surface area contributed by atoms with Crippen molar-refractivity contribution in [2.24, 2.45) is 4.99 Å². The second kappa shape index (κ2) is 9.73. The highest BCUT2D eigenvalue weighted by molar-refractivity contribution is 14.0. The number of guanidine groups is 1. The minimum atomic E-state index is 0. The van der Waals surface area contributed by atoms with Gasteiger partial charge in [-0.15, -0.1) is 24.0 Å². The lowest BCUT2D eigenvalue weighted by Gasteiger charge is -2.36. The van der Waals surface area contributed by atoms with Crippen LogP contribution in [0, 0.1) is 6.92 Å². The van der Waals surface area contributed by atoms with Gasteiger partial charge in [-0.1, -0.05) is 24.3 Å². The van der Waals surface area contributed by atoms with E-state index in [9.17, 15) is 0 Å². The van der Waals surface area contributed by atoms with E-state index in [2.05, 4.69) is 58.3 Å². The molecule has 2 fully saturated rings. The number of hydrogen-bond donors (Lipinski definition) is 1. The molecule has 1 aromatic rings. The first-order valence-electron chi connectivity index (χ1n) is 9.02. The Morgan fingerprint density at radius 2 is 2.12 bits per heavy atom. The topological polar surface area (TPSA) is 40.1 Å². The fourth-order valence-electron chi connectivity index (χ4n) is 3.76. The standard InChI is InChI=1S/C19H30N4O.HI/c1-15-7-4-5-9-17(15)18-14-23(11-12-24-18)19(20-2)21-13-16-8-6-10-22(16)3;/h4-5,7,9,16,18H,6,8,10-14H2,1-3H3,(H,20,21);1H. The molecule has 1 N–H and O–H groups in total. The lowest BCUT2D eigenvalue weighted by atomic mass is 10.0. The fourth-order valence-corrected chi connectivity index (χ4v) is 3.76. The number of aliphatic imine (C=N–C) groups is 1. The summed E-state index contributed by atoms with van der Waals surface area (Å²) in [5.41, 5.74) is 2.58. The summed E-state index contributed by atoms with van der Waals surface area (Å²) in [6, 6.07) is 9.12. The van der Waals surface area contributed by atoms with Gasteiger partial charge in [-0.05, 0) is 44.5 Å². The van der Waals surface area contributed by atoms with Gasteiger partial charge in [0.15, 0.2) is 5.96 Å². The first-order valence-corrected chi connectivity index (χ1v) is 9.02. The Morgan fingerprint density at radius 1 is 1.32 bits per heavy atom. The monoisotopic (exact) mass is 458 g/mol. The van der Waals surface area contributed by atoms with E-state index in [1.165, 1.54) is 30.5 Å². The molecular formula is C19H31IN4O. The van der Waals surface area contributed by atoms with E-state index in [1.807, 2.05) is 7.05 Å². The summed E-state index contributed by atoms with van der Waals surface area (Å²) in [6.45, 7) is 6.81. The second-order valence-electron chi connectivity index (χ2n) is 6.87. The summed E-state index contributed by atoms with van der Waals surface area (Å²) < 4.78 is 6.03. The third kappa shape index (κ3) is 5.08. The number of nitrogens with zero attached hydrogens (tertiary/aromatic N) is 3. The molecule has 2 atom stereocenters. The molecule has 2 heterocycles. The number of likely N-dealkylation sites (N-methyl/N-ethyl adjacent to an activating group) is 1. The largest absolute Gasteiger partial charge is 0.370 e. The van der Waals surface area contributed by atoms with Crippen LogP contribution >= 0.6 is 24.0 Å². The van der Waals surface area contributed by atoms with Crippen LogP contribution in [0.15, 0.2) is 29.3 Å². The van der Waals surface area contributed by atoms with Crippen LogP contribution in [-0.2, 0) is 4.74 Å². The van der Waals surface area contributed by atoms with Gasteiger partial charge in [-0.3, -0.25) is 4.99 Å². The number of likely N-dealkylation sites (tertiary alicyclic amines) is 1. The lowest BCUT2D eigenvalue weighted by Crippen LogP contribution is -2.50. The molecule has 2 unspecified atom stereocenters. The Labute approximate surface area is 168 Å². The third-order valence-electron chi connectivity index (χ3n) is 5.28. The number of hydrogen-bond acceptors (Lipinski definition) is 3. The van der Waals surface area contributed by atoms with E-state index in [0.717, 1.165) is 32.2 Å². The van der Waals surface area contributed by atoms with E-state index in [0.29, 0.717) is 6.04 Å². The Kier molecular flexibility index (Phi) is 7.96. The molecule has 140 valence electrons. The van der Waals surface area contributed by atoms with Gasteiger partial charge in [0, 0.05) is 26.2 Å². The van der Waals surface area contributed by atoms with Crippen molar-refractivity contribution in [1.29, 1.82) is 0 Å². The van der Waals surface area contributed by atoms with Crippen molar-refractivity contribution in [3.8, 4) is 0 Å². The SMILES string of the molecule is CN=C(NCC1CCCN1C)N1CCOC(c2ccccc2C)C1.I. The molecule has 0 radical (unpaired) electrons. The molecule has 3 rings (SSSR count). The number of ether oxygens (including phenoxy) is 1. The minimum Gasteiger partial charge on any atom is -0.370 e. The molecule has 0 amide bonds. The molecule has 0 aromatic heterocycles. The Bertz CT molecular complexity index is 580. The molecule has 0 spiro atoms. The highest BCUT2D eigenvalue weighted by Gasteiger charge is 2.26. The van der Waals surface area contributed by atoms with Gasteiger partial charge < -0.3 is 19.9 Å². The number of aryl methyl sites for hydroxylation is 1. The maximum Gasteiger partial charge on any atom is 0.193 e. The van der Waals surface area contributed by atoms with Crippen molar-refractivity contribution in [3.05, 3.63) is 35.4 Å². The third-order valence-corrected chi connectivity index (χ3v) is 5.28. The molecule has 2 saturated heterocycles. The van der Waals surface area contributed by atoms with Gasteiger partial charge in [0.25, 0.3) is 0 Å². The fraction of sp³-hybridized carbons (Fsp3) is 0.632. The van der Waals surface area contributed by atoms with Gasteiger partial charge in [-0.2, -0.15) is 0 Å². The molecule has 1 aromatic carbocycles. The molecule has 25 heavy (non-hydrogen) atoms. The summed E-state index contributed by atoms with van der Waals surface area (Å²) in [4.78, 5) is 9.27. The van der Waals surface area contributed by atoms with E-state index in [4.69, 9.17) is 4.74 Å². The molecule has 0 bridgehead atoms. The Balaban J connectivity index is 0.00000225. The highest BCUT2D eigenvalue weighted by atomic mass is 127.